The highest BCUT2D eigenvalue weighted by Gasteiger charge is 2.22. The van der Waals surface area contributed by atoms with Crippen LogP contribution in [0.1, 0.15) is 31.8 Å². The predicted molar refractivity (Wildman–Crippen MR) is 57.2 cm³/mol. The van der Waals surface area contributed by atoms with Gasteiger partial charge in [-0.15, -0.1) is 11.3 Å². The summed E-state index contributed by atoms with van der Waals surface area (Å²) in [6, 6.07) is 3.56. The summed E-state index contributed by atoms with van der Waals surface area (Å²) in [5.41, 5.74) is -0.310. The number of hydrogen-bond acceptors (Lipinski definition) is 3. The van der Waals surface area contributed by atoms with Crippen molar-refractivity contribution in [2.45, 2.75) is 32.4 Å². The zero-order chi connectivity index (χ0) is 10.8. The molecule has 3 nitrogen and oxygen atoms in total. The van der Waals surface area contributed by atoms with E-state index in [0.717, 1.165) is 0 Å². The van der Waals surface area contributed by atoms with Gasteiger partial charge in [-0.25, -0.2) is 0 Å². The van der Waals surface area contributed by atoms with Crippen molar-refractivity contribution in [1.29, 1.82) is 0 Å². The van der Waals surface area contributed by atoms with Gasteiger partial charge in [0.15, 0.2) is 6.10 Å². The highest BCUT2D eigenvalue weighted by Crippen LogP contribution is 2.19. The van der Waals surface area contributed by atoms with E-state index < -0.39 is 6.10 Å². The molecule has 0 saturated heterocycles. The Hall–Kier alpha value is -0.870. The largest absolute Gasteiger partial charge is 0.378 e. The smallest absolute Gasteiger partial charge is 0.254 e. The van der Waals surface area contributed by atoms with Crippen LogP contribution in [0.4, 0.5) is 0 Å². The normalized spacial score (nSPS) is 13.7. The maximum Gasteiger partial charge on any atom is 0.254 e. The van der Waals surface area contributed by atoms with Crippen LogP contribution >= 0.6 is 11.3 Å². The molecular weight excluding hydrogens is 198 g/mol. The first kappa shape index (κ1) is 11.2. The summed E-state index contributed by atoms with van der Waals surface area (Å²) in [6.07, 6.45) is -1.05. The molecule has 1 aromatic heterocycles. The first-order chi connectivity index (χ1) is 6.40. The van der Waals surface area contributed by atoms with Crippen LogP contribution in [0.25, 0.3) is 0 Å². The quantitative estimate of drug-likeness (QED) is 0.785. The molecule has 0 radical (unpaired) electrons. The molecule has 1 atom stereocenters. The van der Waals surface area contributed by atoms with Crippen LogP contribution in [0.5, 0.6) is 0 Å². The summed E-state index contributed by atoms with van der Waals surface area (Å²) in [7, 11) is 0. The molecule has 0 fully saturated rings. The fraction of sp³-hybridized carbons (Fsp3) is 0.500. The van der Waals surface area contributed by atoms with E-state index in [1.54, 1.807) is 6.07 Å². The minimum atomic E-state index is -1.05. The van der Waals surface area contributed by atoms with Gasteiger partial charge in [0.2, 0.25) is 0 Å². The highest BCUT2D eigenvalue weighted by atomic mass is 32.1. The number of hydrogen-bond donors (Lipinski definition) is 2. The molecule has 1 aromatic rings. The monoisotopic (exact) mass is 213 g/mol. The van der Waals surface area contributed by atoms with Crippen LogP contribution in [0.3, 0.4) is 0 Å². The van der Waals surface area contributed by atoms with E-state index in [9.17, 15) is 9.90 Å². The number of amides is 1. The predicted octanol–water partition coefficient (Wildman–Crippen LogP) is 1.70. The number of rotatable bonds is 2. The Balaban J connectivity index is 2.63. The molecule has 78 valence electrons. The van der Waals surface area contributed by atoms with Crippen molar-refractivity contribution in [1.82, 2.24) is 5.32 Å². The van der Waals surface area contributed by atoms with Gasteiger partial charge >= 0.3 is 0 Å². The molecule has 2 N–H and O–H groups in total. The molecule has 0 unspecified atom stereocenters. The van der Waals surface area contributed by atoms with Gasteiger partial charge in [0.05, 0.1) is 0 Å². The number of aliphatic hydroxyl groups is 1. The first-order valence-electron chi connectivity index (χ1n) is 4.43. The SMILES string of the molecule is CC(C)(C)NC(=O)[C@H](O)c1cccs1. The molecule has 0 aliphatic rings. The van der Waals surface area contributed by atoms with Crippen LogP contribution in [-0.4, -0.2) is 16.6 Å². The third kappa shape index (κ3) is 3.12. The van der Waals surface area contributed by atoms with Gasteiger partial charge in [-0.05, 0) is 32.2 Å². The van der Waals surface area contributed by atoms with Crippen LogP contribution in [0.15, 0.2) is 17.5 Å². The zero-order valence-corrected chi connectivity index (χ0v) is 9.39. The van der Waals surface area contributed by atoms with Crippen molar-refractivity contribution in [2.24, 2.45) is 0 Å². The second-order valence-corrected chi connectivity index (χ2v) is 5.14. The van der Waals surface area contributed by atoms with Crippen molar-refractivity contribution < 1.29 is 9.90 Å². The zero-order valence-electron chi connectivity index (χ0n) is 8.57. The second-order valence-electron chi connectivity index (χ2n) is 4.16. The van der Waals surface area contributed by atoms with Crippen molar-refractivity contribution in [2.75, 3.05) is 0 Å². The minimum absolute atomic E-state index is 0.310. The Labute approximate surface area is 87.8 Å². The summed E-state index contributed by atoms with van der Waals surface area (Å²) >= 11 is 1.37. The second kappa shape index (κ2) is 4.11. The molecule has 1 amide bonds. The molecular formula is C10H15NO2S. The number of thiophene rings is 1. The van der Waals surface area contributed by atoms with Crippen molar-refractivity contribution >= 4 is 17.2 Å². The molecule has 0 bridgehead atoms. The van der Waals surface area contributed by atoms with Crippen LogP contribution in [-0.2, 0) is 4.79 Å². The van der Waals surface area contributed by atoms with E-state index in [0.29, 0.717) is 4.88 Å². The van der Waals surface area contributed by atoms with Crippen LogP contribution < -0.4 is 5.32 Å². The Morgan fingerprint density at radius 2 is 2.21 bits per heavy atom. The van der Waals surface area contributed by atoms with Crippen molar-refractivity contribution in [3.63, 3.8) is 0 Å². The van der Waals surface area contributed by atoms with E-state index in [4.69, 9.17) is 0 Å². The molecule has 14 heavy (non-hydrogen) atoms. The van der Waals surface area contributed by atoms with Gasteiger partial charge in [-0.2, -0.15) is 0 Å². The molecule has 1 heterocycles. The van der Waals surface area contributed by atoms with Crippen LogP contribution in [0, 0.1) is 0 Å². The fourth-order valence-corrected chi connectivity index (χ4v) is 1.72. The molecule has 0 aliphatic carbocycles. The summed E-state index contributed by atoms with van der Waals surface area (Å²) < 4.78 is 0. The molecule has 4 heteroatoms. The fourth-order valence-electron chi connectivity index (χ4n) is 1.01. The molecule has 0 saturated carbocycles. The third-order valence-electron chi connectivity index (χ3n) is 1.56. The Morgan fingerprint density at radius 1 is 1.57 bits per heavy atom. The number of carbonyl (C=O) groups is 1. The molecule has 1 rings (SSSR count). The van der Waals surface area contributed by atoms with Gasteiger partial charge in [-0.1, -0.05) is 6.07 Å². The summed E-state index contributed by atoms with van der Waals surface area (Å²) in [5.74, 6) is -0.347. The summed E-state index contributed by atoms with van der Waals surface area (Å²) in [6.45, 7) is 5.64. The topological polar surface area (TPSA) is 49.3 Å². The molecule has 0 aromatic carbocycles. The maximum atomic E-state index is 11.5. The van der Waals surface area contributed by atoms with E-state index in [1.807, 2.05) is 32.2 Å². The average molecular weight is 213 g/mol. The lowest BCUT2D eigenvalue weighted by atomic mass is 10.1. The summed E-state index contributed by atoms with van der Waals surface area (Å²) in [5, 5.41) is 14.2. The van der Waals surface area contributed by atoms with Crippen molar-refractivity contribution in [3.05, 3.63) is 22.4 Å². The van der Waals surface area contributed by atoms with E-state index in [2.05, 4.69) is 5.32 Å². The highest BCUT2D eigenvalue weighted by molar-refractivity contribution is 7.10. The molecule has 0 aliphatic heterocycles. The maximum absolute atomic E-state index is 11.5. The third-order valence-corrected chi connectivity index (χ3v) is 2.48. The van der Waals surface area contributed by atoms with Crippen LogP contribution in [0.2, 0.25) is 0 Å². The Morgan fingerprint density at radius 3 is 2.64 bits per heavy atom. The van der Waals surface area contributed by atoms with Gasteiger partial charge in [0.25, 0.3) is 5.91 Å². The number of aliphatic hydroxyl groups excluding tert-OH is 1. The lowest BCUT2D eigenvalue weighted by molar-refractivity contribution is -0.130. The lowest BCUT2D eigenvalue weighted by Crippen LogP contribution is -2.43. The standard InChI is InChI=1S/C10H15NO2S/c1-10(2,3)11-9(13)8(12)7-5-4-6-14-7/h4-6,8,12H,1-3H3,(H,11,13)/t8-/m1/s1. The van der Waals surface area contributed by atoms with E-state index >= 15 is 0 Å². The van der Waals surface area contributed by atoms with Gasteiger partial charge in [-0.3, -0.25) is 4.79 Å². The van der Waals surface area contributed by atoms with Gasteiger partial charge < -0.3 is 10.4 Å². The Bertz CT molecular complexity index is 300. The van der Waals surface area contributed by atoms with Crippen molar-refractivity contribution in [3.8, 4) is 0 Å². The molecule has 0 spiro atoms. The van der Waals surface area contributed by atoms with Gasteiger partial charge in [0.1, 0.15) is 0 Å². The minimum Gasteiger partial charge on any atom is -0.378 e. The Kier molecular flexibility index (Phi) is 3.29. The lowest BCUT2D eigenvalue weighted by Gasteiger charge is -2.22. The summed E-state index contributed by atoms with van der Waals surface area (Å²) in [4.78, 5) is 12.2. The first-order valence-corrected chi connectivity index (χ1v) is 5.31. The average Bonchev–Trinajstić information content (AvgIpc) is 2.51. The van der Waals surface area contributed by atoms with E-state index in [-0.39, 0.29) is 11.4 Å². The van der Waals surface area contributed by atoms with Gasteiger partial charge in [0, 0.05) is 10.4 Å². The number of carbonyl (C=O) groups excluding carboxylic acids is 1. The number of nitrogens with one attached hydrogen (secondary N) is 1. The van der Waals surface area contributed by atoms with E-state index in [1.165, 1.54) is 11.3 Å².